The van der Waals surface area contributed by atoms with E-state index in [1.807, 2.05) is 62.6 Å². The number of halogens is 2. The molecule has 7 nitrogen and oxygen atoms in total. The van der Waals surface area contributed by atoms with Crippen LogP contribution in [0.5, 0.6) is 0 Å². The first-order valence-electron chi connectivity index (χ1n) is 10.9. The topological polar surface area (TPSA) is 78.9 Å². The molecule has 0 aliphatic heterocycles. The monoisotopic (exact) mass is 463 g/mol. The Morgan fingerprint density at radius 2 is 1.91 bits per heavy atom. The van der Waals surface area contributed by atoms with E-state index in [1.54, 1.807) is 12.4 Å². The molecule has 0 unspecified atom stereocenters. The molecule has 0 fully saturated rings. The van der Waals surface area contributed by atoms with Crippen molar-refractivity contribution in [3.8, 4) is 22.6 Å². The molecule has 9 heteroatoms. The summed E-state index contributed by atoms with van der Waals surface area (Å²) >= 11 is 0. The highest BCUT2D eigenvalue weighted by Gasteiger charge is 2.23. The fraction of sp³-hybridized carbons (Fsp3) is 0.280. The van der Waals surface area contributed by atoms with Crippen molar-refractivity contribution in [2.24, 2.45) is 0 Å². The second kappa shape index (κ2) is 8.57. The van der Waals surface area contributed by atoms with Crippen LogP contribution in [-0.2, 0) is 4.74 Å². The molecule has 0 aliphatic carbocycles. The molecule has 0 spiro atoms. The van der Waals surface area contributed by atoms with E-state index in [0.717, 1.165) is 44.6 Å². The smallest absolute Gasteiger partial charge is 0.345 e. The van der Waals surface area contributed by atoms with Gasteiger partial charge in [0.1, 0.15) is 17.0 Å². The van der Waals surface area contributed by atoms with Crippen LogP contribution in [0.2, 0.25) is 0 Å². The fourth-order valence-electron chi connectivity index (χ4n) is 4.46. The lowest BCUT2D eigenvalue weighted by Crippen LogP contribution is -2.16. The molecule has 0 radical (unpaired) electrons. The molecular weight excluding hydrogens is 440 g/mol. The Hall–Kier alpha value is -3.72. The fourth-order valence-corrected chi connectivity index (χ4v) is 4.46. The molecule has 4 aromatic heterocycles. The van der Waals surface area contributed by atoms with Gasteiger partial charge in [0, 0.05) is 17.1 Å². The van der Waals surface area contributed by atoms with Crippen molar-refractivity contribution in [1.82, 2.24) is 24.7 Å². The number of fused-ring (bicyclic) bond motifs is 3. The van der Waals surface area contributed by atoms with Gasteiger partial charge in [0.25, 0.3) is 0 Å². The molecule has 0 bridgehead atoms. The minimum absolute atomic E-state index is 0.178. The van der Waals surface area contributed by atoms with Gasteiger partial charge in [-0.25, -0.2) is 4.98 Å². The predicted molar refractivity (Wildman–Crippen MR) is 125 cm³/mol. The van der Waals surface area contributed by atoms with Crippen LogP contribution < -0.4 is 0 Å². The summed E-state index contributed by atoms with van der Waals surface area (Å²) in [5, 5.41) is 4.95. The van der Waals surface area contributed by atoms with Crippen LogP contribution in [0.25, 0.3) is 44.6 Å². The standard InChI is InChI=1S/C25H23F2N5O2/c1-13-9-18-20(10-17(13)22-15(3)31-34-16(22)4)29-11-21-23(18)32(14(2)12-33-25(26)27)24(30-21)19-7-5-6-8-28-19/h5-11,14,25H,12H2,1-4H3/t14-/m1/s1. The number of imidazole rings is 1. The molecule has 34 heavy (non-hydrogen) atoms. The Labute approximate surface area is 194 Å². The van der Waals surface area contributed by atoms with E-state index in [4.69, 9.17) is 9.51 Å². The molecular formula is C25H23F2N5O2. The molecule has 0 saturated carbocycles. The summed E-state index contributed by atoms with van der Waals surface area (Å²) in [6.45, 7) is 4.60. The van der Waals surface area contributed by atoms with Gasteiger partial charge in [0.15, 0.2) is 5.82 Å². The van der Waals surface area contributed by atoms with E-state index in [0.29, 0.717) is 17.0 Å². The highest BCUT2D eigenvalue weighted by molar-refractivity contribution is 6.05. The summed E-state index contributed by atoms with van der Waals surface area (Å²) in [6.07, 6.45) is 3.38. The Balaban J connectivity index is 1.78. The normalized spacial score (nSPS) is 12.8. The number of nitrogens with zero attached hydrogens (tertiary/aromatic N) is 5. The molecule has 0 N–H and O–H groups in total. The van der Waals surface area contributed by atoms with E-state index < -0.39 is 12.7 Å². The number of hydrogen-bond donors (Lipinski definition) is 0. The maximum absolute atomic E-state index is 12.8. The van der Waals surface area contributed by atoms with Crippen LogP contribution in [0, 0.1) is 20.8 Å². The van der Waals surface area contributed by atoms with E-state index in [-0.39, 0.29) is 6.61 Å². The third kappa shape index (κ3) is 3.71. The van der Waals surface area contributed by atoms with Crippen molar-refractivity contribution in [2.75, 3.05) is 6.61 Å². The Morgan fingerprint density at radius 1 is 1.09 bits per heavy atom. The molecule has 5 aromatic rings. The third-order valence-electron chi connectivity index (χ3n) is 5.96. The average Bonchev–Trinajstić information content (AvgIpc) is 3.38. The van der Waals surface area contributed by atoms with Gasteiger partial charge in [0.2, 0.25) is 0 Å². The SMILES string of the molecule is Cc1cc2c(cc1-c1c(C)noc1C)ncc1nc(-c3ccccn3)n([C@H](C)COC(F)F)c12. The lowest BCUT2D eigenvalue weighted by molar-refractivity contribution is -0.135. The van der Waals surface area contributed by atoms with E-state index in [1.165, 1.54) is 0 Å². The van der Waals surface area contributed by atoms with Gasteiger partial charge in [-0.15, -0.1) is 0 Å². The molecule has 0 amide bonds. The molecule has 174 valence electrons. The van der Waals surface area contributed by atoms with Crippen LogP contribution in [0.15, 0.2) is 47.2 Å². The van der Waals surface area contributed by atoms with Gasteiger partial charge < -0.3 is 13.8 Å². The Bertz CT molecular complexity index is 1470. The summed E-state index contributed by atoms with van der Waals surface area (Å²) in [5.74, 6) is 1.31. The number of ether oxygens (including phenoxy) is 1. The minimum Gasteiger partial charge on any atom is -0.361 e. The molecule has 0 saturated heterocycles. The van der Waals surface area contributed by atoms with Crippen LogP contribution in [0.4, 0.5) is 8.78 Å². The largest absolute Gasteiger partial charge is 0.361 e. The average molecular weight is 463 g/mol. The number of benzene rings is 1. The number of aryl methyl sites for hydroxylation is 3. The first-order valence-corrected chi connectivity index (χ1v) is 10.9. The summed E-state index contributed by atoms with van der Waals surface area (Å²) in [4.78, 5) is 13.9. The first kappa shape index (κ1) is 22.1. The highest BCUT2D eigenvalue weighted by Crippen LogP contribution is 2.37. The summed E-state index contributed by atoms with van der Waals surface area (Å²) < 4.78 is 37.6. The highest BCUT2D eigenvalue weighted by atomic mass is 19.3. The maximum atomic E-state index is 12.8. The van der Waals surface area contributed by atoms with Gasteiger partial charge in [-0.3, -0.25) is 9.97 Å². The quantitative estimate of drug-likeness (QED) is 0.306. The lowest BCUT2D eigenvalue weighted by atomic mass is 9.96. The number of hydrogen-bond acceptors (Lipinski definition) is 6. The number of rotatable bonds is 6. The Morgan fingerprint density at radius 3 is 2.59 bits per heavy atom. The predicted octanol–water partition coefficient (Wildman–Crippen LogP) is 6.03. The van der Waals surface area contributed by atoms with Crippen molar-refractivity contribution < 1.29 is 18.0 Å². The van der Waals surface area contributed by atoms with Gasteiger partial charge >= 0.3 is 6.61 Å². The van der Waals surface area contributed by atoms with Crippen molar-refractivity contribution in [3.05, 3.63) is 59.7 Å². The van der Waals surface area contributed by atoms with Gasteiger partial charge in [-0.05, 0) is 63.1 Å². The second-order valence-corrected chi connectivity index (χ2v) is 8.34. The first-order chi connectivity index (χ1) is 16.3. The van der Waals surface area contributed by atoms with Gasteiger partial charge in [-0.2, -0.15) is 8.78 Å². The number of pyridine rings is 2. The number of alkyl halides is 2. The van der Waals surface area contributed by atoms with Gasteiger partial charge in [0.05, 0.1) is 35.6 Å². The van der Waals surface area contributed by atoms with E-state index >= 15 is 0 Å². The van der Waals surface area contributed by atoms with Crippen LogP contribution in [0.3, 0.4) is 0 Å². The molecule has 5 rings (SSSR count). The molecule has 1 atom stereocenters. The second-order valence-electron chi connectivity index (χ2n) is 8.34. The van der Waals surface area contributed by atoms with Crippen molar-refractivity contribution in [2.45, 2.75) is 40.3 Å². The van der Waals surface area contributed by atoms with Crippen LogP contribution >= 0.6 is 0 Å². The summed E-state index contributed by atoms with van der Waals surface area (Å²) in [6, 6.07) is 9.15. The Kier molecular flexibility index (Phi) is 5.57. The van der Waals surface area contributed by atoms with Crippen molar-refractivity contribution in [1.29, 1.82) is 0 Å². The molecule has 1 aromatic carbocycles. The maximum Gasteiger partial charge on any atom is 0.345 e. The zero-order chi connectivity index (χ0) is 24.0. The number of aromatic nitrogens is 5. The van der Waals surface area contributed by atoms with E-state index in [2.05, 4.69) is 19.9 Å². The third-order valence-corrected chi connectivity index (χ3v) is 5.96. The lowest BCUT2D eigenvalue weighted by Gasteiger charge is -2.18. The van der Waals surface area contributed by atoms with Crippen molar-refractivity contribution in [3.63, 3.8) is 0 Å². The zero-order valence-electron chi connectivity index (χ0n) is 19.2. The zero-order valence-corrected chi connectivity index (χ0v) is 19.2. The van der Waals surface area contributed by atoms with Crippen LogP contribution in [0.1, 0.15) is 30.0 Å². The van der Waals surface area contributed by atoms with Crippen molar-refractivity contribution >= 4 is 21.9 Å². The summed E-state index contributed by atoms with van der Waals surface area (Å²) in [5.41, 5.74) is 6.60. The summed E-state index contributed by atoms with van der Waals surface area (Å²) in [7, 11) is 0. The molecule has 0 aliphatic rings. The van der Waals surface area contributed by atoms with Crippen LogP contribution in [-0.4, -0.2) is 37.9 Å². The molecule has 4 heterocycles. The minimum atomic E-state index is -2.85. The van der Waals surface area contributed by atoms with E-state index in [9.17, 15) is 8.78 Å². The van der Waals surface area contributed by atoms with Gasteiger partial charge in [-0.1, -0.05) is 11.2 Å².